The van der Waals surface area contributed by atoms with E-state index in [1.54, 1.807) is 6.08 Å². The smallest absolute Gasteiger partial charge is 0.0604 e. The number of fused-ring (bicyclic) bond motifs is 1. The lowest BCUT2D eigenvalue weighted by Gasteiger charge is -2.44. The van der Waals surface area contributed by atoms with Crippen molar-refractivity contribution >= 4 is 0 Å². The molecule has 27 heavy (non-hydrogen) atoms. The molecular weight excluding hydrogens is 328 g/mol. The van der Waals surface area contributed by atoms with E-state index < -0.39 is 25.2 Å². The summed E-state index contributed by atoms with van der Waals surface area (Å²) < 4.78 is 48.4. The lowest BCUT2D eigenvalue weighted by Crippen LogP contribution is -2.36. The molecule has 0 saturated heterocycles. The molecule has 0 amide bonds. The predicted octanol–water partition coefficient (Wildman–Crippen LogP) is 7.45. The molecule has 3 saturated carbocycles. The second-order valence-corrected chi connectivity index (χ2v) is 9.89. The summed E-state index contributed by atoms with van der Waals surface area (Å²) >= 11 is 0. The first kappa shape index (κ1) is 14.4. The monoisotopic (exact) mass is 378 g/mol. The van der Waals surface area contributed by atoms with Gasteiger partial charge in [0.1, 0.15) is 0 Å². The largest absolute Gasteiger partial charge is 0.393 e. The van der Waals surface area contributed by atoms with E-state index in [1.807, 2.05) is 6.08 Å². The van der Waals surface area contributed by atoms with Crippen molar-refractivity contribution < 1.29 is 13.3 Å². The first-order valence-corrected chi connectivity index (χ1v) is 11.2. The van der Waals surface area contributed by atoms with Gasteiger partial charge in [-0.2, -0.15) is 0 Å². The van der Waals surface area contributed by atoms with Crippen LogP contribution in [0.3, 0.4) is 0 Å². The molecule has 0 aromatic rings. The van der Waals surface area contributed by atoms with Gasteiger partial charge in [0.2, 0.25) is 0 Å². The highest BCUT2D eigenvalue weighted by Gasteiger charge is 2.50. The van der Waals surface area contributed by atoms with Crippen molar-refractivity contribution in [2.45, 2.75) is 111 Å². The number of aliphatic hydroxyl groups is 1. The maximum atomic E-state index is 10.4. The van der Waals surface area contributed by atoms with Gasteiger partial charge in [0.15, 0.2) is 0 Å². The molecule has 3 fully saturated rings. The molecule has 0 heterocycles. The van der Waals surface area contributed by atoms with E-state index in [2.05, 4.69) is 27.7 Å². The van der Waals surface area contributed by atoms with Crippen molar-refractivity contribution in [3.8, 4) is 0 Å². The molecule has 6 atom stereocenters. The maximum Gasteiger partial charge on any atom is 0.0604 e. The Hall–Kier alpha value is -0.560. The number of rotatable bonds is 6. The first-order chi connectivity index (χ1) is 15.1. The Labute approximate surface area is 177 Å². The van der Waals surface area contributed by atoms with Gasteiger partial charge in [-0.05, 0) is 86.8 Å². The second kappa shape index (κ2) is 9.29. The van der Waals surface area contributed by atoms with Crippen LogP contribution in [-0.4, -0.2) is 11.2 Å². The van der Waals surface area contributed by atoms with Crippen LogP contribution in [0.5, 0.6) is 0 Å². The third-order valence-corrected chi connectivity index (χ3v) is 7.51. The van der Waals surface area contributed by atoms with Crippen molar-refractivity contribution in [1.29, 1.82) is 0 Å². The van der Waals surface area contributed by atoms with Gasteiger partial charge in [-0.1, -0.05) is 70.3 Å². The van der Waals surface area contributed by atoms with Gasteiger partial charge in [-0.3, -0.25) is 0 Å². The Morgan fingerprint density at radius 2 is 2.04 bits per heavy atom. The Morgan fingerprint density at radius 1 is 1.22 bits per heavy atom. The Kier molecular flexibility index (Phi) is 4.96. The molecule has 0 radical (unpaired) electrons. The summed E-state index contributed by atoms with van der Waals surface area (Å²) in [5.74, 6) is 2.67. The molecule has 0 bridgehead atoms. The van der Waals surface area contributed by atoms with E-state index in [0.717, 1.165) is 18.8 Å². The average molecular weight is 379 g/mol. The van der Waals surface area contributed by atoms with Crippen LogP contribution in [0, 0.1) is 29.1 Å². The second-order valence-electron chi connectivity index (χ2n) is 9.89. The van der Waals surface area contributed by atoms with E-state index in [-0.39, 0.29) is 11.8 Å². The standard InChI is InChI=1S/C26H44O/c1-19(2)8-5-9-20(3)24-15-16-25-22(11-7-17-26(24,25)4)14-13-21-10-6-12-23(27)18-21/h13-14,19-20,23-25,27H,5-12,15-18H2,1-4H3/b21-13+,22-14+/t20-,23+,24-,25+,26-/m1/s1/i6D2,12D2,18D,23D/t18?,20-,23+,24-,25+,26-. The van der Waals surface area contributed by atoms with Gasteiger partial charge in [0.25, 0.3) is 0 Å². The lowest BCUT2D eigenvalue weighted by molar-refractivity contribution is 0.0928. The minimum absolute atomic E-state index is 0.267. The number of allylic oxidation sites excluding steroid dienone is 3. The summed E-state index contributed by atoms with van der Waals surface area (Å²) in [6.45, 7) is 9.47. The summed E-state index contributed by atoms with van der Waals surface area (Å²) in [7, 11) is 0. The average Bonchev–Trinajstić information content (AvgIpc) is 3.06. The number of hydrogen-bond acceptors (Lipinski definition) is 1. The third kappa shape index (κ3) is 5.08. The summed E-state index contributed by atoms with van der Waals surface area (Å²) in [6.07, 6.45) is 3.63. The summed E-state index contributed by atoms with van der Waals surface area (Å²) in [5.41, 5.74) is 1.93. The van der Waals surface area contributed by atoms with Crippen molar-refractivity contribution in [3.05, 3.63) is 23.3 Å². The zero-order chi connectivity index (χ0) is 24.8. The van der Waals surface area contributed by atoms with Gasteiger partial charge in [0.05, 0.1) is 7.45 Å². The topological polar surface area (TPSA) is 20.2 Å². The van der Waals surface area contributed by atoms with Gasteiger partial charge >= 0.3 is 0 Å². The normalized spacial score (nSPS) is 51.0. The molecular formula is C26H44O. The molecule has 1 nitrogen and oxygen atoms in total. The van der Waals surface area contributed by atoms with Crippen LogP contribution in [0.25, 0.3) is 0 Å². The van der Waals surface area contributed by atoms with Gasteiger partial charge < -0.3 is 5.11 Å². The van der Waals surface area contributed by atoms with Crippen molar-refractivity contribution in [2.75, 3.05) is 0 Å². The molecule has 0 aromatic heterocycles. The highest BCUT2D eigenvalue weighted by Crippen LogP contribution is 2.59. The van der Waals surface area contributed by atoms with Crippen molar-refractivity contribution in [2.24, 2.45) is 29.1 Å². The Bertz CT molecular complexity index is 771. The Balaban J connectivity index is 1.80. The fraction of sp³-hybridized carbons (Fsp3) is 0.846. The molecule has 1 N–H and O–H groups in total. The molecule has 3 rings (SSSR count). The van der Waals surface area contributed by atoms with E-state index in [1.165, 1.54) is 44.1 Å². The molecule has 0 aromatic carbocycles. The van der Waals surface area contributed by atoms with Gasteiger partial charge in [-0.25, -0.2) is 0 Å². The summed E-state index contributed by atoms with van der Waals surface area (Å²) in [4.78, 5) is 0. The van der Waals surface area contributed by atoms with Crippen LogP contribution < -0.4 is 0 Å². The van der Waals surface area contributed by atoms with Crippen LogP contribution in [0.1, 0.15) is 113 Å². The van der Waals surface area contributed by atoms with Gasteiger partial charge in [0, 0.05) is 6.85 Å². The van der Waals surface area contributed by atoms with E-state index in [4.69, 9.17) is 8.22 Å². The minimum atomic E-state index is -2.82. The molecule has 154 valence electrons. The molecule has 1 unspecified atom stereocenters. The molecule has 3 aliphatic rings. The first-order valence-electron chi connectivity index (χ1n) is 14.3. The highest BCUT2D eigenvalue weighted by atomic mass is 16.3. The van der Waals surface area contributed by atoms with Crippen molar-refractivity contribution in [1.82, 2.24) is 0 Å². The van der Waals surface area contributed by atoms with E-state index in [9.17, 15) is 5.11 Å². The van der Waals surface area contributed by atoms with Gasteiger partial charge in [-0.15, -0.1) is 0 Å². The molecule has 1 heteroatoms. The maximum absolute atomic E-state index is 10.4. The third-order valence-electron chi connectivity index (χ3n) is 7.51. The lowest BCUT2D eigenvalue weighted by atomic mass is 9.60. The van der Waals surface area contributed by atoms with Crippen LogP contribution in [0.2, 0.25) is 0 Å². The SMILES string of the molecule is [2H]C1/C(=C/C=C2\CCC[C@]3(C)[C@@H]([C@H](C)CCCC(C)C)CC[C@@H]23)CC([2H])([2H])C([2H])([2H])[C@]1([2H])O. The van der Waals surface area contributed by atoms with Crippen LogP contribution in [-0.2, 0) is 0 Å². The fourth-order valence-corrected chi connectivity index (χ4v) is 6.08. The predicted molar refractivity (Wildman–Crippen MR) is 117 cm³/mol. The zero-order valence-corrected chi connectivity index (χ0v) is 17.9. The minimum Gasteiger partial charge on any atom is -0.393 e. The highest BCUT2D eigenvalue weighted by molar-refractivity contribution is 5.25. The van der Waals surface area contributed by atoms with Crippen molar-refractivity contribution in [3.63, 3.8) is 0 Å². The Morgan fingerprint density at radius 3 is 2.81 bits per heavy atom. The van der Waals surface area contributed by atoms with Crippen LogP contribution in [0.15, 0.2) is 23.3 Å². The fourth-order valence-electron chi connectivity index (χ4n) is 6.08. The zero-order valence-electron chi connectivity index (χ0n) is 23.9. The van der Waals surface area contributed by atoms with Crippen LogP contribution in [0.4, 0.5) is 0 Å². The summed E-state index contributed by atoms with van der Waals surface area (Å²) in [5, 5.41) is 10.4. The number of hydrogen-bond donors (Lipinski definition) is 1. The quantitative estimate of drug-likeness (QED) is 0.508. The van der Waals surface area contributed by atoms with E-state index >= 15 is 0 Å². The van der Waals surface area contributed by atoms with E-state index in [0.29, 0.717) is 23.3 Å². The summed E-state index contributed by atoms with van der Waals surface area (Å²) in [6, 6.07) is 0. The van der Waals surface area contributed by atoms with Crippen LogP contribution >= 0.6 is 0 Å². The molecule has 0 spiro atoms. The molecule has 0 aliphatic heterocycles. The molecule has 3 aliphatic carbocycles.